The van der Waals surface area contributed by atoms with E-state index in [0.29, 0.717) is 24.4 Å². The van der Waals surface area contributed by atoms with Crippen LogP contribution in [0, 0.1) is 12.7 Å². The summed E-state index contributed by atoms with van der Waals surface area (Å²) in [5.74, 6) is -1.43. The predicted molar refractivity (Wildman–Crippen MR) is 73.7 cm³/mol. The Labute approximate surface area is 121 Å². The van der Waals surface area contributed by atoms with Crippen LogP contribution in [-0.2, 0) is 9.53 Å². The molecule has 1 aliphatic heterocycles. The maximum atomic E-state index is 13.3. The van der Waals surface area contributed by atoms with Gasteiger partial charge < -0.3 is 20.1 Å². The van der Waals surface area contributed by atoms with Crippen LogP contribution >= 0.6 is 0 Å². The summed E-state index contributed by atoms with van der Waals surface area (Å²) in [6.45, 7) is 2.56. The number of ether oxygens (including phenoxy) is 1. The minimum absolute atomic E-state index is 0.182. The number of aliphatic carboxylic acids is 1. The van der Waals surface area contributed by atoms with Gasteiger partial charge in [-0.3, -0.25) is 4.79 Å². The summed E-state index contributed by atoms with van der Waals surface area (Å²) >= 11 is 0. The average Bonchev–Trinajstić information content (AvgIpc) is 2.37. The van der Waals surface area contributed by atoms with E-state index in [-0.39, 0.29) is 13.0 Å². The summed E-state index contributed by atoms with van der Waals surface area (Å²) in [6.07, 6.45) is -0.185. The number of aryl methyl sites for hydroxylation is 1. The largest absolute Gasteiger partial charge is 0.481 e. The van der Waals surface area contributed by atoms with E-state index in [1.54, 1.807) is 13.0 Å². The van der Waals surface area contributed by atoms with Crippen LogP contribution in [0.1, 0.15) is 12.0 Å². The number of rotatable bonds is 3. The zero-order valence-electron chi connectivity index (χ0n) is 11.6. The molecule has 0 saturated carbocycles. The van der Waals surface area contributed by atoms with Crippen LogP contribution in [0.15, 0.2) is 18.2 Å². The first-order valence-corrected chi connectivity index (χ1v) is 6.60. The van der Waals surface area contributed by atoms with Crippen LogP contribution in [0.5, 0.6) is 0 Å². The minimum Gasteiger partial charge on any atom is -0.481 e. The van der Waals surface area contributed by atoms with Crippen molar-refractivity contribution in [2.75, 3.05) is 25.1 Å². The Morgan fingerprint density at radius 2 is 2.24 bits per heavy atom. The molecule has 1 saturated heterocycles. The van der Waals surface area contributed by atoms with Gasteiger partial charge in [-0.15, -0.1) is 0 Å². The van der Waals surface area contributed by atoms with Crippen molar-refractivity contribution in [3.63, 3.8) is 0 Å². The highest BCUT2D eigenvalue weighted by Crippen LogP contribution is 2.16. The average molecular weight is 296 g/mol. The molecule has 2 amide bonds. The molecule has 0 aliphatic carbocycles. The molecule has 1 aliphatic rings. The number of urea groups is 1. The topological polar surface area (TPSA) is 78.9 Å². The first kappa shape index (κ1) is 15.2. The lowest BCUT2D eigenvalue weighted by molar-refractivity contribution is -0.139. The second-order valence-electron chi connectivity index (χ2n) is 4.97. The van der Waals surface area contributed by atoms with Gasteiger partial charge in [0.1, 0.15) is 5.82 Å². The zero-order valence-corrected chi connectivity index (χ0v) is 11.6. The van der Waals surface area contributed by atoms with E-state index in [2.05, 4.69) is 5.32 Å². The highest BCUT2D eigenvalue weighted by Gasteiger charge is 2.29. The van der Waals surface area contributed by atoms with Crippen LogP contribution in [0.4, 0.5) is 14.9 Å². The van der Waals surface area contributed by atoms with Gasteiger partial charge in [-0.25, -0.2) is 9.18 Å². The monoisotopic (exact) mass is 296 g/mol. The van der Waals surface area contributed by atoms with E-state index in [1.165, 1.54) is 17.0 Å². The molecule has 114 valence electrons. The second-order valence-corrected chi connectivity index (χ2v) is 4.97. The van der Waals surface area contributed by atoms with Crippen molar-refractivity contribution in [2.45, 2.75) is 19.4 Å². The third-order valence-corrected chi connectivity index (χ3v) is 3.19. The number of carboxylic acid groups (broad SMARTS) is 1. The van der Waals surface area contributed by atoms with E-state index in [0.717, 1.165) is 0 Å². The number of carboxylic acids is 1. The van der Waals surface area contributed by atoms with E-state index in [9.17, 15) is 14.0 Å². The first-order valence-electron chi connectivity index (χ1n) is 6.60. The zero-order chi connectivity index (χ0) is 15.4. The summed E-state index contributed by atoms with van der Waals surface area (Å²) in [4.78, 5) is 24.5. The number of halogens is 1. The Morgan fingerprint density at radius 1 is 1.48 bits per heavy atom. The molecular formula is C14H17FN2O4. The molecule has 0 aromatic heterocycles. The number of benzene rings is 1. The molecule has 2 rings (SSSR count). The Bertz CT molecular complexity index is 530. The van der Waals surface area contributed by atoms with Gasteiger partial charge in [-0.2, -0.15) is 0 Å². The van der Waals surface area contributed by atoms with Gasteiger partial charge in [0, 0.05) is 12.2 Å². The minimum atomic E-state index is -0.995. The number of amides is 2. The number of hydrogen-bond acceptors (Lipinski definition) is 3. The molecule has 1 unspecified atom stereocenters. The smallest absolute Gasteiger partial charge is 0.322 e. The first-order chi connectivity index (χ1) is 9.95. The summed E-state index contributed by atoms with van der Waals surface area (Å²) in [6, 6.07) is 3.25. The van der Waals surface area contributed by atoms with E-state index in [4.69, 9.17) is 9.84 Å². The molecular weight excluding hydrogens is 279 g/mol. The quantitative estimate of drug-likeness (QED) is 0.892. The maximum absolute atomic E-state index is 13.3. The molecule has 6 nitrogen and oxygen atoms in total. The van der Waals surface area contributed by atoms with Gasteiger partial charge in [0.25, 0.3) is 0 Å². The number of anilines is 1. The molecule has 21 heavy (non-hydrogen) atoms. The van der Waals surface area contributed by atoms with Crippen LogP contribution in [-0.4, -0.2) is 47.8 Å². The highest BCUT2D eigenvalue weighted by molar-refractivity contribution is 5.90. The summed E-state index contributed by atoms with van der Waals surface area (Å²) in [7, 11) is 0. The number of carbonyl (C=O) groups excluding carboxylic acids is 1. The van der Waals surface area contributed by atoms with Gasteiger partial charge >= 0.3 is 12.0 Å². The Hall–Kier alpha value is -2.15. The third kappa shape index (κ3) is 4.16. The summed E-state index contributed by atoms with van der Waals surface area (Å²) in [5, 5.41) is 11.5. The van der Waals surface area contributed by atoms with Crippen molar-refractivity contribution < 1.29 is 23.8 Å². The fourth-order valence-electron chi connectivity index (χ4n) is 2.30. The summed E-state index contributed by atoms with van der Waals surface area (Å²) in [5.41, 5.74) is 1.03. The van der Waals surface area contributed by atoms with Crippen molar-refractivity contribution in [3.8, 4) is 0 Å². The maximum Gasteiger partial charge on any atom is 0.322 e. The third-order valence-electron chi connectivity index (χ3n) is 3.19. The number of morpholine rings is 1. The molecule has 1 aromatic carbocycles. The van der Waals surface area contributed by atoms with Crippen molar-refractivity contribution in [1.29, 1.82) is 0 Å². The molecule has 1 aromatic rings. The van der Waals surface area contributed by atoms with E-state index in [1.807, 2.05) is 0 Å². The lowest BCUT2D eigenvalue weighted by Crippen LogP contribution is -2.51. The van der Waals surface area contributed by atoms with Crippen molar-refractivity contribution in [2.24, 2.45) is 0 Å². The second kappa shape index (κ2) is 6.53. The lowest BCUT2D eigenvalue weighted by Gasteiger charge is -2.34. The van der Waals surface area contributed by atoms with Crippen molar-refractivity contribution >= 4 is 17.7 Å². The molecule has 0 spiro atoms. The molecule has 1 heterocycles. The molecule has 0 radical (unpaired) electrons. The molecule has 0 bridgehead atoms. The van der Waals surface area contributed by atoms with Crippen LogP contribution < -0.4 is 5.32 Å². The van der Waals surface area contributed by atoms with Gasteiger partial charge in [-0.1, -0.05) is 0 Å². The van der Waals surface area contributed by atoms with Gasteiger partial charge in [0.05, 0.1) is 25.7 Å². The number of hydrogen-bond donors (Lipinski definition) is 2. The number of carbonyl (C=O) groups is 2. The van der Waals surface area contributed by atoms with E-state index >= 15 is 0 Å². The predicted octanol–water partition coefficient (Wildman–Crippen LogP) is 1.84. The molecule has 2 N–H and O–H groups in total. The molecule has 1 fully saturated rings. The van der Waals surface area contributed by atoms with Crippen LogP contribution in [0.2, 0.25) is 0 Å². The lowest BCUT2D eigenvalue weighted by atomic mass is 10.1. The van der Waals surface area contributed by atoms with Crippen LogP contribution in [0.3, 0.4) is 0 Å². The SMILES string of the molecule is Cc1cc(F)cc(NC(=O)N2CCOCC2CC(=O)O)c1. The van der Waals surface area contributed by atoms with Gasteiger partial charge in [0.15, 0.2) is 0 Å². The fraction of sp³-hybridized carbons (Fsp3) is 0.429. The van der Waals surface area contributed by atoms with Crippen LogP contribution in [0.25, 0.3) is 0 Å². The van der Waals surface area contributed by atoms with Crippen molar-refractivity contribution in [1.82, 2.24) is 4.90 Å². The Balaban J connectivity index is 2.08. The number of nitrogens with one attached hydrogen (secondary N) is 1. The standard InChI is InChI=1S/C14H17FN2O4/c1-9-4-10(15)6-11(5-9)16-14(20)17-2-3-21-8-12(17)7-13(18)19/h4-6,12H,2-3,7-8H2,1H3,(H,16,20)(H,18,19). The number of nitrogens with zero attached hydrogens (tertiary/aromatic N) is 1. The Morgan fingerprint density at radius 3 is 2.90 bits per heavy atom. The molecule has 7 heteroatoms. The fourth-order valence-corrected chi connectivity index (χ4v) is 2.30. The normalized spacial score (nSPS) is 18.4. The summed E-state index contributed by atoms with van der Waals surface area (Å²) < 4.78 is 18.5. The van der Waals surface area contributed by atoms with E-state index < -0.39 is 23.9 Å². The van der Waals surface area contributed by atoms with Crippen molar-refractivity contribution in [3.05, 3.63) is 29.6 Å². The molecule has 1 atom stereocenters. The highest BCUT2D eigenvalue weighted by atomic mass is 19.1. The Kier molecular flexibility index (Phi) is 4.74. The van der Waals surface area contributed by atoms with Gasteiger partial charge in [0.2, 0.25) is 0 Å². The van der Waals surface area contributed by atoms with Gasteiger partial charge in [-0.05, 0) is 30.7 Å².